The molecule has 2 aromatic rings. The molecule has 0 unspecified atom stereocenters. The molecular formula is C14H11Cl2F3Pt. The average molecular weight is 502 g/mol. The minimum atomic E-state index is -3.08. The van der Waals surface area contributed by atoms with E-state index < -0.39 is 6.68 Å². The van der Waals surface area contributed by atoms with Crippen LogP contribution < -0.4 is 0 Å². The molecule has 112 valence electrons. The van der Waals surface area contributed by atoms with Gasteiger partial charge in [-0.25, -0.2) is 0 Å². The molecule has 6 heteroatoms. The normalized spacial score (nSPS) is 7.50. The molecule has 0 heterocycles. The van der Waals surface area contributed by atoms with Crippen LogP contribution in [0.1, 0.15) is 0 Å². The van der Waals surface area contributed by atoms with Gasteiger partial charge in [-0.15, -0.1) is 0 Å². The van der Waals surface area contributed by atoms with Gasteiger partial charge in [0.05, 0.1) is 0 Å². The van der Waals surface area contributed by atoms with Gasteiger partial charge < -0.3 is 36.4 Å². The predicted octanol–water partition coefficient (Wildman–Crippen LogP) is 5.90. The Morgan fingerprint density at radius 3 is 0.950 bits per heavy atom. The Morgan fingerprint density at radius 1 is 0.700 bits per heavy atom. The summed E-state index contributed by atoms with van der Waals surface area (Å²) in [6.45, 7) is -3.08. The molecule has 0 bridgehead atoms. The van der Waals surface area contributed by atoms with Crippen molar-refractivity contribution in [3.63, 3.8) is 0 Å². The van der Waals surface area contributed by atoms with E-state index in [-0.39, 0.29) is 21.1 Å². The van der Waals surface area contributed by atoms with E-state index in [2.05, 4.69) is 35.3 Å². The number of hydrogen-bond acceptors (Lipinski definition) is 0. The molecule has 0 aliphatic heterocycles. The van der Waals surface area contributed by atoms with Crippen molar-refractivity contribution in [2.75, 3.05) is 0 Å². The van der Waals surface area contributed by atoms with Crippen molar-refractivity contribution < 1.29 is 34.2 Å². The first kappa shape index (κ1) is 24.5. The van der Waals surface area contributed by atoms with Gasteiger partial charge in [0.15, 0.2) is 6.68 Å². The average Bonchev–Trinajstić information content (AvgIpc) is 2.44. The van der Waals surface area contributed by atoms with Gasteiger partial charge in [-0.2, -0.15) is 78.1 Å². The van der Waals surface area contributed by atoms with Crippen molar-refractivity contribution in [1.29, 1.82) is 0 Å². The third-order valence-electron chi connectivity index (χ3n) is 1.21. The van der Waals surface area contributed by atoms with Crippen LogP contribution in [-0.2, 0) is 21.1 Å². The summed E-state index contributed by atoms with van der Waals surface area (Å²) >= 11 is 9.28. The van der Waals surface area contributed by atoms with Crippen LogP contribution in [0, 0.1) is 24.2 Å². The van der Waals surface area contributed by atoms with Crippen molar-refractivity contribution in [3.8, 4) is 0 Å². The van der Waals surface area contributed by atoms with E-state index in [4.69, 9.17) is 0 Å². The molecule has 0 amide bonds. The van der Waals surface area contributed by atoms with Gasteiger partial charge >= 0.3 is 21.1 Å². The Hall–Kier alpha value is -0.502. The molecule has 0 aromatic heterocycles. The van der Waals surface area contributed by atoms with Crippen LogP contribution in [0.2, 0.25) is 0 Å². The molecule has 2 aromatic carbocycles. The standard InChI is InChI=1S/2C6H5.CHCl2.CF3.Pt/c2*1-2-4-6-5-3-1;2-1-3;2-1(3)4;/h2*1-5H;1H;;/q4*-1;+4. The van der Waals surface area contributed by atoms with Gasteiger partial charge in [-0.3, -0.25) is 0 Å². The first-order valence-corrected chi connectivity index (χ1v) is 5.70. The van der Waals surface area contributed by atoms with Gasteiger partial charge in [0.25, 0.3) is 0 Å². The van der Waals surface area contributed by atoms with Crippen molar-refractivity contribution in [2.45, 2.75) is 0 Å². The third kappa shape index (κ3) is 36.0. The van der Waals surface area contributed by atoms with Crippen molar-refractivity contribution in [1.82, 2.24) is 0 Å². The topological polar surface area (TPSA) is 0 Å². The summed E-state index contributed by atoms with van der Waals surface area (Å²) in [5, 5.41) is 0.944. The fourth-order valence-corrected chi connectivity index (χ4v) is 0.684. The fourth-order valence-electron chi connectivity index (χ4n) is 0.684. The first-order valence-electron chi connectivity index (χ1n) is 4.82. The monoisotopic (exact) mass is 501 g/mol. The Morgan fingerprint density at radius 2 is 0.900 bits per heavy atom. The number of hydrogen-bond donors (Lipinski definition) is 0. The molecule has 0 saturated heterocycles. The molecule has 0 fully saturated rings. The van der Waals surface area contributed by atoms with Gasteiger partial charge in [0, 0.05) is 0 Å². The second-order valence-electron chi connectivity index (χ2n) is 2.45. The largest absolute Gasteiger partial charge is 4.00 e. The van der Waals surface area contributed by atoms with Gasteiger partial charge in [0.2, 0.25) is 0 Å². The van der Waals surface area contributed by atoms with E-state index in [1.54, 1.807) is 0 Å². The SMILES string of the molecule is Cl[CH-]Cl.F[C-](F)F.[Pt+4].[c-]1ccccc1.[c-]1ccccc1. The second-order valence-corrected chi connectivity index (χ2v) is 3.11. The van der Waals surface area contributed by atoms with Gasteiger partial charge in [-0.1, -0.05) is 0 Å². The van der Waals surface area contributed by atoms with E-state index in [1.807, 2.05) is 60.7 Å². The molecule has 0 saturated carbocycles. The summed E-state index contributed by atoms with van der Waals surface area (Å²) in [6, 6.07) is 25.0. The third-order valence-corrected chi connectivity index (χ3v) is 1.21. The van der Waals surface area contributed by atoms with E-state index >= 15 is 0 Å². The van der Waals surface area contributed by atoms with Crippen molar-refractivity contribution in [3.05, 3.63) is 84.8 Å². The van der Waals surface area contributed by atoms with E-state index in [1.165, 1.54) is 0 Å². The zero-order valence-corrected chi connectivity index (χ0v) is 13.8. The van der Waals surface area contributed by atoms with Crippen LogP contribution in [0.5, 0.6) is 0 Å². The molecule has 0 N–H and O–H groups in total. The van der Waals surface area contributed by atoms with E-state index in [9.17, 15) is 13.2 Å². The molecule has 0 nitrogen and oxygen atoms in total. The summed E-state index contributed by atoms with van der Waals surface area (Å²) in [4.78, 5) is 0. The molecule has 0 spiro atoms. The zero-order valence-electron chi connectivity index (χ0n) is 10.1. The van der Waals surface area contributed by atoms with Crippen molar-refractivity contribution >= 4 is 23.2 Å². The summed E-state index contributed by atoms with van der Waals surface area (Å²) in [5.74, 6) is 0. The summed E-state index contributed by atoms with van der Waals surface area (Å²) in [5.41, 5.74) is 0. The molecule has 2 rings (SSSR count). The maximum atomic E-state index is 9.58. The fraction of sp³-hybridized carbons (Fsp3) is 0. The summed E-state index contributed by atoms with van der Waals surface area (Å²) < 4.78 is 28.8. The van der Waals surface area contributed by atoms with Crippen LogP contribution in [0.3, 0.4) is 0 Å². The van der Waals surface area contributed by atoms with E-state index in [0.29, 0.717) is 0 Å². The van der Waals surface area contributed by atoms with Gasteiger partial charge in [0.1, 0.15) is 0 Å². The molecular weight excluding hydrogens is 491 g/mol. The second kappa shape index (κ2) is 23.6. The summed E-state index contributed by atoms with van der Waals surface area (Å²) in [7, 11) is 0. The van der Waals surface area contributed by atoms with Gasteiger partial charge in [-0.05, 0) is 0 Å². The molecule has 0 atom stereocenters. The van der Waals surface area contributed by atoms with Crippen LogP contribution in [0.15, 0.2) is 60.7 Å². The summed E-state index contributed by atoms with van der Waals surface area (Å²) in [6.07, 6.45) is 0. The first-order chi connectivity index (χ1) is 9.15. The van der Waals surface area contributed by atoms with Crippen LogP contribution >= 0.6 is 23.2 Å². The van der Waals surface area contributed by atoms with Crippen LogP contribution in [0.4, 0.5) is 13.2 Å². The zero-order chi connectivity index (χ0) is 14.8. The van der Waals surface area contributed by atoms with Crippen LogP contribution in [0.25, 0.3) is 0 Å². The smallest absolute Gasteiger partial charge is 0.385 e. The van der Waals surface area contributed by atoms with Crippen LogP contribution in [-0.4, -0.2) is 0 Å². The molecule has 20 heavy (non-hydrogen) atoms. The number of halogens is 5. The molecule has 0 radical (unpaired) electrons. The predicted molar refractivity (Wildman–Crippen MR) is 73.1 cm³/mol. The minimum Gasteiger partial charge on any atom is -0.385 e. The Bertz CT molecular complexity index is 249. The Balaban J connectivity index is -0.000000198. The molecule has 0 aliphatic rings. The maximum Gasteiger partial charge on any atom is 4.00 e. The van der Waals surface area contributed by atoms with Crippen molar-refractivity contribution in [2.24, 2.45) is 0 Å². The maximum absolute atomic E-state index is 9.58. The quantitative estimate of drug-likeness (QED) is 0.394. The number of rotatable bonds is 0. The number of benzene rings is 2. The Kier molecular flexibility index (Phi) is 28.9. The Labute approximate surface area is 142 Å². The van der Waals surface area contributed by atoms with E-state index in [0.717, 1.165) is 5.34 Å². The minimum absolute atomic E-state index is 0. The molecule has 0 aliphatic carbocycles.